The van der Waals surface area contributed by atoms with Gasteiger partial charge in [0.15, 0.2) is 17.0 Å². The molecule has 1 fully saturated rings. The number of aryl methyl sites for hydroxylation is 1. The number of nitrogens with one attached hydrogen (secondary N) is 2. The second-order valence-electron chi connectivity index (χ2n) is 6.13. The average Bonchev–Trinajstić information content (AvgIpc) is 3.06. The lowest BCUT2D eigenvalue weighted by atomic mass is 10.1. The highest BCUT2D eigenvalue weighted by atomic mass is 32.2. The maximum absolute atomic E-state index is 12.4. The third-order valence-electron chi connectivity index (χ3n) is 4.38. The van der Waals surface area contributed by atoms with Gasteiger partial charge in [-0.05, 0) is 47.9 Å². The lowest BCUT2D eigenvalue weighted by Crippen LogP contribution is -2.30. The first-order chi connectivity index (χ1) is 13.6. The molecule has 2 aromatic rings. The van der Waals surface area contributed by atoms with E-state index in [4.69, 9.17) is 14.2 Å². The van der Waals surface area contributed by atoms with Crippen molar-refractivity contribution in [3.05, 3.63) is 52.4 Å². The number of anilines is 1. The molecule has 1 aliphatic heterocycles. The minimum Gasteiger partial charge on any atom is -0.493 e. The Morgan fingerprint density at radius 3 is 2.25 bits per heavy atom. The van der Waals surface area contributed by atoms with Crippen LogP contribution in [0.3, 0.4) is 0 Å². The monoisotopic (exact) mass is 400 g/mol. The van der Waals surface area contributed by atoms with E-state index in [2.05, 4.69) is 29.7 Å². The Bertz CT molecular complexity index is 855. The van der Waals surface area contributed by atoms with Crippen LogP contribution in [-0.2, 0) is 11.2 Å². The molecule has 2 N–H and O–H groups in total. The fraction of sp³-hybridized carbons (Fsp3) is 0.286. The zero-order chi connectivity index (χ0) is 20.1. The third kappa shape index (κ3) is 4.36. The number of ether oxygens (including phenoxy) is 3. The van der Waals surface area contributed by atoms with Crippen molar-refractivity contribution in [1.82, 2.24) is 5.32 Å². The van der Waals surface area contributed by atoms with Crippen LogP contribution in [-0.4, -0.2) is 32.7 Å². The number of hydrogen-bond acceptors (Lipinski definition) is 6. The fourth-order valence-electron chi connectivity index (χ4n) is 2.89. The zero-order valence-electron chi connectivity index (χ0n) is 16.4. The summed E-state index contributed by atoms with van der Waals surface area (Å²) in [4.78, 5) is 13.0. The lowest BCUT2D eigenvalue weighted by molar-refractivity contribution is -0.116. The summed E-state index contributed by atoms with van der Waals surface area (Å²) in [5, 5.41) is 6.26. The summed E-state index contributed by atoms with van der Waals surface area (Å²) < 4.78 is 16.1. The van der Waals surface area contributed by atoms with Gasteiger partial charge in [-0.1, -0.05) is 30.8 Å². The zero-order valence-corrected chi connectivity index (χ0v) is 17.2. The number of hydrogen-bond donors (Lipinski definition) is 2. The van der Waals surface area contributed by atoms with E-state index in [-0.39, 0.29) is 11.4 Å². The molecule has 28 heavy (non-hydrogen) atoms. The highest BCUT2D eigenvalue weighted by Crippen LogP contribution is 2.39. The molecule has 1 saturated heterocycles. The molecule has 0 saturated carbocycles. The number of amides is 1. The summed E-state index contributed by atoms with van der Waals surface area (Å²) in [7, 11) is 4.69. The molecule has 3 rings (SSSR count). The van der Waals surface area contributed by atoms with Gasteiger partial charge in [0.1, 0.15) is 0 Å². The summed E-state index contributed by atoms with van der Waals surface area (Å²) in [6.45, 7) is 2.12. The van der Waals surface area contributed by atoms with Gasteiger partial charge in [-0.2, -0.15) is 0 Å². The number of benzene rings is 2. The smallest absolute Gasteiger partial charge is 0.260 e. The molecule has 1 heterocycles. The molecular formula is C21H24N2O4S. The van der Waals surface area contributed by atoms with E-state index in [0.717, 1.165) is 17.7 Å². The summed E-state index contributed by atoms with van der Waals surface area (Å²) in [5.74, 6) is 1.48. The molecule has 0 radical (unpaired) electrons. The molecule has 0 bridgehead atoms. The van der Waals surface area contributed by atoms with Crippen LogP contribution in [0.25, 0.3) is 6.08 Å². The third-order valence-corrected chi connectivity index (χ3v) is 5.40. The molecule has 6 nitrogen and oxygen atoms in total. The molecule has 1 atom stereocenters. The first-order valence-corrected chi connectivity index (χ1v) is 9.80. The Balaban J connectivity index is 1.78. The molecule has 1 aliphatic rings. The predicted molar refractivity (Wildman–Crippen MR) is 113 cm³/mol. The minimum atomic E-state index is -0.228. The Labute approximate surface area is 169 Å². The standard InChI is InChI=1S/C21H24N2O4S/c1-5-13-6-8-15(9-7-13)22-21-23-20(24)18(28-21)12-14-10-16(25-2)19(27-4)17(11-14)26-3/h6-12,21-22H,5H2,1-4H3,(H,23,24)/b18-12-/t21-/m1/s1. The molecule has 7 heteroatoms. The van der Waals surface area contributed by atoms with E-state index in [0.29, 0.717) is 22.2 Å². The van der Waals surface area contributed by atoms with Crippen LogP contribution in [0.1, 0.15) is 18.1 Å². The predicted octanol–water partition coefficient (Wildman–Crippen LogP) is 3.87. The van der Waals surface area contributed by atoms with Gasteiger partial charge in [0, 0.05) is 5.69 Å². The van der Waals surface area contributed by atoms with Crippen LogP contribution in [0.5, 0.6) is 17.2 Å². The van der Waals surface area contributed by atoms with Crippen LogP contribution in [0, 0.1) is 0 Å². The van der Waals surface area contributed by atoms with Crippen molar-refractivity contribution in [1.29, 1.82) is 0 Å². The quantitative estimate of drug-likeness (QED) is 0.688. The van der Waals surface area contributed by atoms with E-state index in [1.807, 2.05) is 30.3 Å². The van der Waals surface area contributed by atoms with E-state index in [1.54, 1.807) is 21.3 Å². The van der Waals surface area contributed by atoms with Gasteiger partial charge in [0.05, 0.1) is 26.2 Å². The Kier molecular flexibility index (Phi) is 6.36. The minimum absolute atomic E-state index is 0.124. The lowest BCUT2D eigenvalue weighted by Gasteiger charge is -2.13. The van der Waals surface area contributed by atoms with Crippen molar-refractivity contribution >= 4 is 29.4 Å². The maximum atomic E-state index is 12.4. The van der Waals surface area contributed by atoms with Crippen molar-refractivity contribution < 1.29 is 19.0 Å². The normalized spacial score (nSPS) is 17.4. The van der Waals surface area contributed by atoms with Crippen molar-refractivity contribution in [2.45, 2.75) is 18.8 Å². The molecular weight excluding hydrogens is 376 g/mol. The number of carbonyl (C=O) groups excluding carboxylic acids is 1. The van der Waals surface area contributed by atoms with Crippen molar-refractivity contribution in [2.24, 2.45) is 0 Å². The molecule has 0 spiro atoms. The van der Waals surface area contributed by atoms with Gasteiger partial charge in [-0.3, -0.25) is 4.79 Å². The van der Waals surface area contributed by atoms with Crippen molar-refractivity contribution in [2.75, 3.05) is 26.6 Å². The largest absolute Gasteiger partial charge is 0.493 e. The summed E-state index contributed by atoms with van der Waals surface area (Å²) in [5.41, 5.74) is 2.80. The summed E-state index contributed by atoms with van der Waals surface area (Å²) >= 11 is 1.43. The number of methoxy groups -OCH3 is 3. The Hall–Kier alpha value is -2.80. The van der Waals surface area contributed by atoms with Crippen LogP contribution >= 0.6 is 11.8 Å². The van der Waals surface area contributed by atoms with Crippen LogP contribution < -0.4 is 24.8 Å². The highest BCUT2D eigenvalue weighted by Gasteiger charge is 2.27. The van der Waals surface area contributed by atoms with Gasteiger partial charge in [-0.15, -0.1) is 0 Å². The maximum Gasteiger partial charge on any atom is 0.260 e. The molecule has 2 aromatic carbocycles. The van der Waals surface area contributed by atoms with Crippen LogP contribution in [0.2, 0.25) is 0 Å². The van der Waals surface area contributed by atoms with E-state index >= 15 is 0 Å². The molecule has 148 valence electrons. The van der Waals surface area contributed by atoms with Crippen LogP contribution in [0.15, 0.2) is 41.3 Å². The van der Waals surface area contributed by atoms with Crippen LogP contribution in [0.4, 0.5) is 5.69 Å². The van der Waals surface area contributed by atoms with Crippen molar-refractivity contribution in [3.8, 4) is 17.2 Å². The number of rotatable bonds is 7. The second-order valence-corrected chi connectivity index (χ2v) is 7.28. The summed E-state index contributed by atoms with van der Waals surface area (Å²) in [6, 6.07) is 11.8. The summed E-state index contributed by atoms with van der Waals surface area (Å²) in [6.07, 6.45) is 2.81. The second kappa shape index (κ2) is 8.93. The van der Waals surface area contributed by atoms with Gasteiger partial charge in [-0.25, -0.2) is 0 Å². The Morgan fingerprint density at radius 1 is 1.07 bits per heavy atom. The SMILES string of the molecule is CCc1ccc(N[C@@H]2NC(=O)/C(=C/c3cc(OC)c(OC)c(OC)c3)S2)cc1. The first kappa shape index (κ1) is 19.9. The van der Waals surface area contributed by atoms with Gasteiger partial charge >= 0.3 is 0 Å². The van der Waals surface area contributed by atoms with E-state index in [1.165, 1.54) is 17.3 Å². The number of carbonyl (C=O) groups is 1. The highest BCUT2D eigenvalue weighted by molar-refractivity contribution is 8.05. The number of thioether (sulfide) groups is 1. The topological polar surface area (TPSA) is 68.8 Å². The molecule has 0 unspecified atom stereocenters. The van der Waals surface area contributed by atoms with Gasteiger partial charge in [0.25, 0.3) is 5.91 Å². The van der Waals surface area contributed by atoms with E-state index in [9.17, 15) is 4.79 Å². The Morgan fingerprint density at radius 2 is 1.71 bits per heavy atom. The van der Waals surface area contributed by atoms with Gasteiger partial charge < -0.3 is 24.8 Å². The fourth-order valence-corrected chi connectivity index (χ4v) is 3.87. The van der Waals surface area contributed by atoms with E-state index < -0.39 is 0 Å². The van der Waals surface area contributed by atoms with Gasteiger partial charge in [0.2, 0.25) is 5.75 Å². The molecule has 1 amide bonds. The first-order valence-electron chi connectivity index (χ1n) is 8.92. The van der Waals surface area contributed by atoms with Crippen molar-refractivity contribution in [3.63, 3.8) is 0 Å². The average molecular weight is 401 g/mol. The molecule has 0 aromatic heterocycles. The molecule has 0 aliphatic carbocycles.